The largest absolute Gasteiger partial charge is 0.489 e. The highest BCUT2D eigenvalue weighted by atomic mass is 16.6. The minimum absolute atomic E-state index is 0.197. The van der Waals surface area contributed by atoms with E-state index in [1.54, 1.807) is 0 Å². The molecule has 59 heavy (non-hydrogen) atoms. The Labute approximate surface area is 342 Å². The van der Waals surface area contributed by atoms with E-state index in [0.29, 0.717) is 86.9 Å². The van der Waals surface area contributed by atoms with E-state index in [9.17, 15) is 9.59 Å². The summed E-state index contributed by atoms with van der Waals surface area (Å²) >= 11 is 0. The lowest BCUT2D eigenvalue weighted by Gasteiger charge is -2.15. The normalized spacial score (nSPS) is 11.3. The molecule has 9 nitrogen and oxygen atoms in total. The lowest BCUT2D eigenvalue weighted by Crippen LogP contribution is -2.16. The summed E-state index contributed by atoms with van der Waals surface area (Å²) in [5.74, 6) is 0.733. The van der Waals surface area contributed by atoms with Crippen LogP contribution in [0, 0.1) is 0 Å². The predicted molar refractivity (Wildman–Crippen MR) is 235 cm³/mol. The summed E-state index contributed by atoms with van der Waals surface area (Å²) in [5, 5.41) is 13.8. The maximum absolute atomic E-state index is 13.7. The molecule has 0 atom stereocenters. The van der Waals surface area contributed by atoms with Gasteiger partial charge >= 0.3 is 0 Å². The van der Waals surface area contributed by atoms with Gasteiger partial charge in [0, 0.05) is 0 Å². The van der Waals surface area contributed by atoms with Gasteiger partial charge < -0.3 is 34.3 Å². The third-order valence-electron chi connectivity index (χ3n) is 9.98. The lowest BCUT2D eigenvalue weighted by atomic mass is 9.96. The van der Waals surface area contributed by atoms with Crippen molar-refractivity contribution in [3.63, 3.8) is 0 Å². The summed E-state index contributed by atoms with van der Waals surface area (Å²) in [4.78, 5) is 27.5. The van der Waals surface area contributed by atoms with Gasteiger partial charge in [0.05, 0.1) is 62.1 Å². The second-order valence-corrected chi connectivity index (χ2v) is 13.8. The summed E-state index contributed by atoms with van der Waals surface area (Å²) in [5.41, 5.74) is 2.44. The molecule has 8 rings (SSSR count). The highest BCUT2D eigenvalue weighted by Crippen LogP contribution is 2.33. The SMILES string of the molecule is O=C(Nc1ccccc1OCCOCCOCCOCCOc1ccccc1NC(=O)c1c2ccccc2cc2ccccc12)c1c2ccccc2cc2ccccc12. The summed E-state index contributed by atoms with van der Waals surface area (Å²) in [6.07, 6.45) is 0. The topological polar surface area (TPSA) is 104 Å². The molecule has 0 spiro atoms. The maximum atomic E-state index is 13.7. The van der Waals surface area contributed by atoms with Crippen LogP contribution in [-0.4, -0.2) is 64.7 Å². The number of anilines is 2. The van der Waals surface area contributed by atoms with E-state index in [4.69, 9.17) is 23.7 Å². The Balaban J connectivity index is 0.729. The molecule has 0 saturated carbocycles. The molecule has 9 heteroatoms. The molecule has 0 heterocycles. The first-order chi connectivity index (χ1) is 29.1. The van der Waals surface area contributed by atoms with Crippen LogP contribution in [0.2, 0.25) is 0 Å². The molecule has 0 unspecified atom stereocenters. The standard InChI is InChI=1S/C50H44N2O7/c53-49(47-39-17-5-1-13-35(39)33-36-14-2-6-18-40(36)47)51-43-21-9-11-23-45(43)58-31-29-56-27-25-55-26-28-57-30-32-59-46-24-12-10-22-44(46)52-50(54)48-41-19-7-3-15-37(41)34-38-16-4-8-20-42(38)48/h1-24,33-34H,25-32H2,(H,51,53)(H,52,54). The van der Waals surface area contributed by atoms with Gasteiger partial charge in [-0.1, -0.05) is 121 Å². The molecule has 0 aliphatic rings. The van der Waals surface area contributed by atoms with E-state index < -0.39 is 0 Å². The molecule has 0 aromatic heterocycles. The van der Waals surface area contributed by atoms with E-state index in [0.717, 1.165) is 43.1 Å². The van der Waals surface area contributed by atoms with Crippen molar-refractivity contribution in [2.45, 2.75) is 0 Å². The molecule has 0 aliphatic carbocycles. The lowest BCUT2D eigenvalue weighted by molar-refractivity contribution is 0.00505. The number of ether oxygens (including phenoxy) is 5. The summed E-state index contributed by atoms with van der Waals surface area (Å²) < 4.78 is 29.1. The minimum Gasteiger partial charge on any atom is -0.489 e. The Morgan fingerprint density at radius 3 is 1.00 bits per heavy atom. The Kier molecular flexibility index (Phi) is 12.7. The maximum Gasteiger partial charge on any atom is 0.257 e. The van der Waals surface area contributed by atoms with Crippen LogP contribution in [0.5, 0.6) is 11.5 Å². The molecule has 8 aromatic carbocycles. The Bertz CT molecular complexity index is 2440. The molecule has 2 amide bonds. The van der Waals surface area contributed by atoms with Gasteiger partial charge in [-0.05, 0) is 79.5 Å². The Morgan fingerprint density at radius 1 is 0.356 bits per heavy atom. The number of amides is 2. The summed E-state index contributed by atoms with van der Waals surface area (Å²) in [6, 6.07) is 50.7. The monoisotopic (exact) mass is 784 g/mol. The van der Waals surface area contributed by atoms with E-state index in [-0.39, 0.29) is 11.8 Å². The van der Waals surface area contributed by atoms with Gasteiger partial charge in [0.1, 0.15) is 24.7 Å². The first-order valence-electron chi connectivity index (χ1n) is 19.7. The number of hydrogen-bond acceptors (Lipinski definition) is 7. The van der Waals surface area contributed by atoms with Crippen molar-refractivity contribution in [1.82, 2.24) is 0 Å². The van der Waals surface area contributed by atoms with Crippen LogP contribution < -0.4 is 20.1 Å². The van der Waals surface area contributed by atoms with Crippen molar-refractivity contribution in [3.05, 3.63) is 169 Å². The zero-order valence-electron chi connectivity index (χ0n) is 32.5. The van der Waals surface area contributed by atoms with E-state index in [2.05, 4.69) is 22.8 Å². The van der Waals surface area contributed by atoms with Crippen molar-refractivity contribution in [3.8, 4) is 11.5 Å². The fraction of sp³-hybridized carbons (Fsp3) is 0.160. The van der Waals surface area contributed by atoms with Crippen LogP contribution in [0.4, 0.5) is 11.4 Å². The molecule has 0 radical (unpaired) electrons. The number of carbonyl (C=O) groups excluding carboxylic acids is 2. The summed E-state index contributed by atoms with van der Waals surface area (Å²) in [7, 11) is 0. The quantitative estimate of drug-likeness (QED) is 0.0659. The molecule has 8 aromatic rings. The minimum atomic E-state index is -0.197. The van der Waals surface area contributed by atoms with E-state index in [1.807, 2.05) is 146 Å². The van der Waals surface area contributed by atoms with Gasteiger partial charge in [0.25, 0.3) is 11.8 Å². The van der Waals surface area contributed by atoms with Gasteiger partial charge in [-0.25, -0.2) is 0 Å². The number of benzene rings is 8. The number of hydrogen-bond donors (Lipinski definition) is 2. The molecular weight excluding hydrogens is 741 g/mol. The van der Waals surface area contributed by atoms with Crippen molar-refractivity contribution in [2.75, 3.05) is 63.5 Å². The summed E-state index contributed by atoms with van der Waals surface area (Å²) in [6.45, 7) is 2.93. The molecule has 0 saturated heterocycles. The van der Waals surface area contributed by atoms with Crippen LogP contribution in [0.25, 0.3) is 43.1 Å². The van der Waals surface area contributed by atoms with Gasteiger partial charge in [0.15, 0.2) is 0 Å². The fourth-order valence-electron chi connectivity index (χ4n) is 7.24. The first kappa shape index (κ1) is 39.1. The number of rotatable bonds is 18. The highest BCUT2D eigenvalue weighted by molar-refractivity contribution is 6.23. The second-order valence-electron chi connectivity index (χ2n) is 13.8. The van der Waals surface area contributed by atoms with Crippen LogP contribution in [0.3, 0.4) is 0 Å². The van der Waals surface area contributed by atoms with Crippen molar-refractivity contribution in [2.24, 2.45) is 0 Å². The number of fused-ring (bicyclic) bond motifs is 4. The number of para-hydroxylation sites is 4. The highest BCUT2D eigenvalue weighted by Gasteiger charge is 2.18. The first-order valence-corrected chi connectivity index (χ1v) is 19.7. The zero-order valence-corrected chi connectivity index (χ0v) is 32.5. The van der Waals surface area contributed by atoms with Crippen molar-refractivity contribution < 1.29 is 33.3 Å². The average molecular weight is 785 g/mol. The van der Waals surface area contributed by atoms with Crippen LogP contribution >= 0.6 is 0 Å². The van der Waals surface area contributed by atoms with Crippen molar-refractivity contribution >= 4 is 66.3 Å². The van der Waals surface area contributed by atoms with Crippen molar-refractivity contribution in [1.29, 1.82) is 0 Å². The molecular formula is C50H44N2O7. The number of carbonyl (C=O) groups is 2. The van der Waals surface area contributed by atoms with Gasteiger partial charge in [0.2, 0.25) is 0 Å². The molecule has 0 bridgehead atoms. The van der Waals surface area contributed by atoms with Gasteiger partial charge in [-0.15, -0.1) is 0 Å². The van der Waals surface area contributed by atoms with Gasteiger partial charge in [-0.3, -0.25) is 9.59 Å². The zero-order chi connectivity index (χ0) is 40.2. The molecule has 296 valence electrons. The second kappa shape index (κ2) is 19.1. The molecule has 0 aliphatic heterocycles. The van der Waals surface area contributed by atoms with E-state index >= 15 is 0 Å². The van der Waals surface area contributed by atoms with Crippen LogP contribution in [0.15, 0.2) is 158 Å². The molecule has 2 N–H and O–H groups in total. The van der Waals surface area contributed by atoms with E-state index in [1.165, 1.54) is 0 Å². The average Bonchev–Trinajstić information content (AvgIpc) is 3.27. The third-order valence-corrected chi connectivity index (χ3v) is 9.98. The molecule has 0 fully saturated rings. The fourth-order valence-corrected chi connectivity index (χ4v) is 7.24. The number of nitrogens with one attached hydrogen (secondary N) is 2. The Hall–Kier alpha value is -6.78. The van der Waals surface area contributed by atoms with Crippen LogP contribution in [0.1, 0.15) is 20.7 Å². The third kappa shape index (κ3) is 9.35. The smallest absolute Gasteiger partial charge is 0.257 e. The predicted octanol–water partition coefficient (Wildman–Crippen LogP) is 10.3. The van der Waals surface area contributed by atoms with Gasteiger partial charge in [-0.2, -0.15) is 0 Å². The van der Waals surface area contributed by atoms with Crippen LogP contribution in [-0.2, 0) is 14.2 Å². The Morgan fingerprint density at radius 2 is 0.644 bits per heavy atom.